The van der Waals surface area contributed by atoms with Crippen molar-refractivity contribution in [2.24, 2.45) is 5.73 Å². The highest BCUT2D eigenvalue weighted by molar-refractivity contribution is 7.90. The van der Waals surface area contributed by atoms with Crippen molar-refractivity contribution in [1.29, 1.82) is 0 Å². The van der Waals surface area contributed by atoms with Gasteiger partial charge >= 0.3 is 0 Å². The second kappa shape index (κ2) is 14.9. The van der Waals surface area contributed by atoms with E-state index in [2.05, 4.69) is 12.2 Å². The summed E-state index contributed by atoms with van der Waals surface area (Å²) in [5.74, 6) is -0.0520. The molecule has 0 fully saturated rings. The first-order valence-electron chi connectivity index (χ1n) is 12.7. The molecule has 0 aliphatic carbocycles. The number of hydrogen-bond acceptors (Lipinski definition) is 4. The van der Waals surface area contributed by atoms with Crippen molar-refractivity contribution >= 4 is 15.7 Å². The fourth-order valence-electron chi connectivity index (χ4n) is 4.09. The van der Waals surface area contributed by atoms with Gasteiger partial charge in [0.1, 0.15) is 0 Å². The highest BCUT2D eigenvalue weighted by atomic mass is 32.2. The Morgan fingerprint density at radius 1 is 0.882 bits per heavy atom. The van der Waals surface area contributed by atoms with Gasteiger partial charge in [0, 0.05) is 24.4 Å². The molecule has 1 atom stereocenters. The SMILES string of the molecule is CCCCCCCCCCCCNC(=O)c1cccc(CC(N)c2ccc(S(C)(=O)=O)cc2)c1. The number of amides is 1. The van der Waals surface area contributed by atoms with Gasteiger partial charge in [0.25, 0.3) is 5.91 Å². The number of hydrogen-bond donors (Lipinski definition) is 2. The minimum Gasteiger partial charge on any atom is -0.352 e. The minimum atomic E-state index is -3.22. The number of benzene rings is 2. The van der Waals surface area contributed by atoms with Gasteiger partial charge in [-0.2, -0.15) is 0 Å². The monoisotopic (exact) mass is 486 g/mol. The average Bonchev–Trinajstić information content (AvgIpc) is 2.82. The van der Waals surface area contributed by atoms with Crippen molar-refractivity contribution in [1.82, 2.24) is 5.32 Å². The summed E-state index contributed by atoms with van der Waals surface area (Å²) in [6, 6.07) is 14.0. The van der Waals surface area contributed by atoms with Crippen molar-refractivity contribution in [2.75, 3.05) is 12.8 Å². The first kappa shape index (κ1) is 28.1. The Kier molecular flexibility index (Phi) is 12.3. The lowest BCUT2D eigenvalue weighted by atomic mass is 9.98. The molecule has 1 unspecified atom stereocenters. The number of nitrogens with two attached hydrogens (primary N) is 1. The molecule has 34 heavy (non-hydrogen) atoms. The van der Waals surface area contributed by atoms with E-state index in [1.54, 1.807) is 24.3 Å². The van der Waals surface area contributed by atoms with Crippen LogP contribution in [-0.4, -0.2) is 27.1 Å². The van der Waals surface area contributed by atoms with Crippen LogP contribution < -0.4 is 11.1 Å². The lowest BCUT2D eigenvalue weighted by Gasteiger charge is -2.14. The van der Waals surface area contributed by atoms with Crippen LogP contribution in [-0.2, 0) is 16.3 Å². The molecule has 0 aromatic heterocycles. The number of rotatable bonds is 16. The van der Waals surface area contributed by atoms with E-state index in [-0.39, 0.29) is 16.8 Å². The lowest BCUT2D eigenvalue weighted by molar-refractivity contribution is 0.0952. The molecule has 0 heterocycles. The van der Waals surface area contributed by atoms with Crippen molar-refractivity contribution in [3.05, 3.63) is 65.2 Å². The molecule has 5 nitrogen and oxygen atoms in total. The van der Waals surface area contributed by atoms with Crippen LogP contribution in [0.25, 0.3) is 0 Å². The van der Waals surface area contributed by atoms with E-state index in [0.717, 1.165) is 24.0 Å². The van der Waals surface area contributed by atoms with Gasteiger partial charge in [-0.15, -0.1) is 0 Å². The third kappa shape index (κ3) is 10.4. The molecule has 3 N–H and O–H groups in total. The fraction of sp³-hybridized carbons (Fsp3) is 0.536. The van der Waals surface area contributed by atoms with Crippen molar-refractivity contribution < 1.29 is 13.2 Å². The van der Waals surface area contributed by atoms with Crippen molar-refractivity contribution in [2.45, 2.75) is 88.5 Å². The summed E-state index contributed by atoms with van der Waals surface area (Å²) in [4.78, 5) is 12.8. The Morgan fingerprint density at radius 2 is 1.47 bits per heavy atom. The van der Waals surface area contributed by atoms with E-state index in [0.29, 0.717) is 18.5 Å². The molecule has 6 heteroatoms. The summed E-state index contributed by atoms with van der Waals surface area (Å²) >= 11 is 0. The molecule has 0 saturated heterocycles. The predicted octanol–water partition coefficient (Wildman–Crippen LogP) is 5.98. The van der Waals surface area contributed by atoms with Crippen LogP contribution in [0.2, 0.25) is 0 Å². The maximum atomic E-state index is 12.5. The van der Waals surface area contributed by atoms with E-state index >= 15 is 0 Å². The van der Waals surface area contributed by atoms with Crippen LogP contribution in [0.4, 0.5) is 0 Å². The highest BCUT2D eigenvalue weighted by Crippen LogP contribution is 2.19. The minimum absolute atomic E-state index is 0.0520. The molecule has 2 aromatic rings. The summed E-state index contributed by atoms with van der Waals surface area (Å²) in [5, 5.41) is 3.03. The molecule has 0 bridgehead atoms. The number of unbranched alkanes of at least 4 members (excludes halogenated alkanes) is 9. The van der Waals surface area contributed by atoms with Gasteiger partial charge in [-0.3, -0.25) is 4.79 Å². The topological polar surface area (TPSA) is 89.3 Å². The molecular formula is C28H42N2O3S. The molecule has 0 saturated carbocycles. The van der Waals surface area contributed by atoms with Crippen molar-refractivity contribution in [3.63, 3.8) is 0 Å². The fourth-order valence-corrected chi connectivity index (χ4v) is 4.72. The van der Waals surface area contributed by atoms with Gasteiger partial charge in [-0.05, 0) is 48.2 Å². The van der Waals surface area contributed by atoms with Crippen LogP contribution in [0.1, 0.15) is 98.7 Å². The smallest absolute Gasteiger partial charge is 0.251 e. The maximum absolute atomic E-state index is 12.5. The number of nitrogens with one attached hydrogen (secondary N) is 1. The summed E-state index contributed by atoms with van der Waals surface area (Å²) < 4.78 is 23.3. The van der Waals surface area contributed by atoms with Crippen molar-refractivity contribution in [3.8, 4) is 0 Å². The Hall–Kier alpha value is -2.18. The zero-order valence-corrected chi connectivity index (χ0v) is 21.7. The third-order valence-corrected chi connectivity index (χ3v) is 7.33. The lowest BCUT2D eigenvalue weighted by Crippen LogP contribution is -2.24. The Bertz CT molecular complexity index is 971. The molecule has 0 radical (unpaired) electrons. The molecule has 1 amide bonds. The van der Waals surface area contributed by atoms with Gasteiger partial charge in [0.15, 0.2) is 9.84 Å². The standard InChI is InChI=1S/C28H42N2O3S/c1-3-4-5-6-7-8-9-10-11-12-20-30-28(31)25-15-13-14-23(21-25)22-27(29)24-16-18-26(19-17-24)34(2,32)33/h13-19,21,27H,3-12,20,22,29H2,1-2H3,(H,30,31). The van der Waals surface area contributed by atoms with Crippen LogP contribution in [0, 0.1) is 0 Å². The Balaban J connectivity index is 1.71. The largest absolute Gasteiger partial charge is 0.352 e. The predicted molar refractivity (Wildman–Crippen MR) is 141 cm³/mol. The average molecular weight is 487 g/mol. The summed E-state index contributed by atoms with van der Waals surface area (Å²) in [5.41, 5.74) is 8.83. The molecule has 2 aromatic carbocycles. The normalized spacial score (nSPS) is 12.4. The highest BCUT2D eigenvalue weighted by Gasteiger charge is 2.12. The molecule has 0 aliphatic heterocycles. The van der Waals surface area contributed by atoms with Gasteiger partial charge < -0.3 is 11.1 Å². The van der Waals surface area contributed by atoms with Gasteiger partial charge in [-0.1, -0.05) is 89.0 Å². The number of carbonyl (C=O) groups is 1. The van der Waals surface area contributed by atoms with Crippen LogP contribution >= 0.6 is 0 Å². The summed E-state index contributed by atoms with van der Waals surface area (Å²) in [7, 11) is -3.22. The van der Waals surface area contributed by atoms with Gasteiger partial charge in [-0.25, -0.2) is 8.42 Å². The molecule has 0 spiro atoms. The zero-order valence-electron chi connectivity index (χ0n) is 20.9. The Labute approximate surface area is 206 Å². The Morgan fingerprint density at radius 3 is 2.06 bits per heavy atom. The summed E-state index contributed by atoms with van der Waals surface area (Å²) in [6.07, 6.45) is 14.5. The maximum Gasteiger partial charge on any atom is 0.251 e. The second-order valence-electron chi connectivity index (χ2n) is 9.29. The van der Waals surface area contributed by atoms with Gasteiger partial charge in [0.05, 0.1) is 4.90 Å². The van der Waals surface area contributed by atoms with Crippen LogP contribution in [0.15, 0.2) is 53.4 Å². The van der Waals surface area contributed by atoms with E-state index in [1.807, 2.05) is 24.3 Å². The zero-order chi connectivity index (χ0) is 24.8. The van der Waals surface area contributed by atoms with E-state index < -0.39 is 9.84 Å². The summed E-state index contributed by atoms with van der Waals surface area (Å²) in [6.45, 7) is 2.95. The van der Waals surface area contributed by atoms with Crippen LogP contribution in [0.3, 0.4) is 0 Å². The van der Waals surface area contributed by atoms with E-state index in [1.165, 1.54) is 57.6 Å². The van der Waals surface area contributed by atoms with Crippen LogP contribution in [0.5, 0.6) is 0 Å². The first-order valence-corrected chi connectivity index (χ1v) is 14.6. The molecular weight excluding hydrogens is 444 g/mol. The van der Waals surface area contributed by atoms with E-state index in [9.17, 15) is 13.2 Å². The number of sulfone groups is 1. The molecule has 0 aliphatic rings. The quantitative estimate of drug-likeness (QED) is 0.286. The van der Waals surface area contributed by atoms with E-state index in [4.69, 9.17) is 5.73 Å². The molecule has 188 valence electrons. The van der Waals surface area contributed by atoms with Gasteiger partial charge in [0.2, 0.25) is 0 Å². The third-order valence-electron chi connectivity index (χ3n) is 6.20. The first-order chi connectivity index (χ1) is 16.3. The second-order valence-corrected chi connectivity index (χ2v) is 11.3. The molecule has 2 rings (SSSR count). The number of carbonyl (C=O) groups excluding carboxylic acids is 1.